The Bertz CT molecular complexity index is 1310. The van der Waals surface area contributed by atoms with Gasteiger partial charge in [0.1, 0.15) is 15.7 Å². The lowest BCUT2D eigenvalue weighted by atomic mass is 10.1. The number of hydrogen-bond donors (Lipinski definition) is 1. The van der Waals surface area contributed by atoms with Gasteiger partial charge in [-0.3, -0.25) is 9.48 Å². The molecule has 0 amide bonds. The monoisotopic (exact) mass is 467 g/mol. The molecule has 1 aliphatic carbocycles. The number of benzene rings is 1. The van der Waals surface area contributed by atoms with E-state index in [1.54, 1.807) is 13.1 Å². The summed E-state index contributed by atoms with van der Waals surface area (Å²) in [4.78, 5) is 12.4. The van der Waals surface area contributed by atoms with Crippen molar-refractivity contribution in [2.45, 2.75) is 39.7 Å². The summed E-state index contributed by atoms with van der Waals surface area (Å²) in [5, 5.41) is 23.1. The quantitative estimate of drug-likeness (QED) is 0.443. The summed E-state index contributed by atoms with van der Waals surface area (Å²) in [5.41, 5.74) is 2.50. The molecule has 0 aliphatic heterocycles. The lowest BCUT2D eigenvalue weighted by Gasteiger charge is -2.10. The number of rotatable bonds is 7. The van der Waals surface area contributed by atoms with Crippen molar-refractivity contribution in [2.75, 3.05) is 11.9 Å². The molecule has 4 aromatic rings. The van der Waals surface area contributed by atoms with Crippen LogP contribution in [0.15, 0.2) is 35.1 Å². The number of fused-ring (bicyclic) bond motifs is 1. The minimum absolute atomic E-state index is 0.210. The molecule has 174 valence electrons. The van der Waals surface area contributed by atoms with Crippen LogP contribution in [0.4, 0.5) is 5.69 Å². The lowest BCUT2D eigenvalue weighted by Crippen LogP contribution is -2.24. The third-order valence-corrected chi connectivity index (χ3v) is 6.38. The van der Waals surface area contributed by atoms with Crippen molar-refractivity contribution >= 4 is 27.9 Å². The molecule has 33 heavy (non-hydrogen) atoms. The highest BCUT2D eigenvalue weighted by atomic mass is 32.1. The first-order valence-corrected chi connectivity index (χ1v) is 12.0. The fourth-order valence-corrected chi connectivity index (χ4v) is 4.48. The maximum atomic E-state index is 12.4. The van der Waals surface area contributed by atoms with Crippen LogP contribution in [0.1, 0.15) is 41.9 Å². The zero-order chi connectivity index (χ0) is 23.5. The second kappa shape index (κ2) is 9.70. The summed E-state index contributed by atoms with van der Waals surface area (Å²) >= 11 is 1.50. The molecule has 3 heterocycles. The van der Waals surface area contributed by atoms with E-state index in [0.717, 1.165) is 27.6 Å². The molecule has 0 spiro atoms. The second-order valence-electron chi connectivity index (χ2n) is 7.83. The van der Waals surface area contributed by atoms with Crippen molar-refractivity contribution in [1.29, 1.82) is 0 Å². The van der Waals surface area contributed by atoms with Crippen molar-refractivity contribution in [3.8, 4) is 5.88 Å². The van der Waals surface area contributed by atoms with Crippen molar-refractivity contribution in [3.63, 3.8) is 0 Å². The molecule has 9 nitrogen and oxygen atoms in total. The van der Waals surface area contributed by atoms with Crippen molar-refractivity contribution < 1.29 is 4.74 Å². The Labute approximate surface area is 196 Å². The van der Waals surface area contributed by atoms with E-state index in [4.69, 9.17) is 9.84 Å². The van der Waals surface area contributed by atoms with Crippen molar-refractivity contribution in [3.05, 3.63) is 56.4 Å². The van der Waals surface area contributed by atoms with E-state index < -0.39 is 0 Å². The molecule has 2 unspecified atom stereocenters. The third-order valence-electron chi connectivity index (χ3n) is 5.54. The summed E-state index contributed by atoms with van der Waals surface area (Å²) < 4.78 is 9.19. The summed E-state index contributed by atoms with van der Waals surface area (Å²) in [5.74, 6) is 1.20. The highest BCUT2D eigenvalue weighted by Crippen LogP contribution is 2.48. The Morgan fingerprint density at radius 1 is 1.15 bits per heavy atom. The van der Waals surface area contributed by atoms with Gasteiger partial charge in [-0.15, -0.1) is 15.3 Å². The Morgan fingerprint density at radius 3 is 2.70 bits per heavy atom. The van der Waals surface area contributed by atoms with E-state index in [1.165, 1.54) is 21.4 Å². The summed E-state index contributed by atoms with van der Waals surface area (Å²) in [6.45, 7) is 6.87. The highest BCUT2D eigenvalue weighted by Gasteiger charge is 2.42. The van der Waals surface area contributed by atoms with Gasteiger partial charge in [-0.25, -0.2) is 4.68 Å². The van der Waals surface area contributed by atoms with Gasteiger partial charge in [0.2, 0.25) is 5.88 Å². The molecule has 0 bridgehead atoms. The zero-order valence-electron chi connectivity index (χ0n) is 19.6. The predicted molar refractivity (Wildman–Crippen MR) is 130 cm³/mol. The number of aryl methyl sites for hydroxylation is 3. The van der Waals surface area contributed by atoms with E-state index in [9.17, 15) is 4.79 Å². The Morgan fingerprint density at radius 2 is 1.94 bits per heavy atom. The van der Waals surface area contributed by atoms with Gasteiger partial charge in [0.15, 0.2) is 0 Å². The SMILES string of the molecule is CC.Cc1nnc(CNc2cc(OCC3CC3c3nn(C)c4ccccc34)nn(C)c2=O)s1. The molecule has 5 rings (SSSR count). The van der Waals surface area contributed by atoms with Gasteiger partial charge in [0, 0.05) is 37.4 Å². The molecule has 1 aliphatic rings. The number of para-hydroxylation sites is 1. The standard InChI is InChI=1S/C21H23N7O2S.C2H6/c1-12-23-24-19(31-12)10-22-16-9-18(25-28(3)21(16)29)30-11-13-8-15(13)20-14-6-4-5-7-17(14)27(2)26-20;1-2/h4-7,9,13,15,22H,8,10-11H2,1-3H3;1-2H3. The van der Waals surface area contributed by atoms with Gasteiger partial charge < -0.3 is 10.1 Å². The van der Waals surface area contributed by atoms with Crippen LogP contribution in [0.3, 0.4) is 0 Å². The number of anilines is 1. The van der Waals surface area contributed by atoms with Gasteiger partial charge in [0.25, 0.3) is 5.56 Å². The molecule has 1 aromatic carbocycles. The second-order valence-corrected chi connectivity index (χ2v) is 9.10. The minimum atomic E-state index is -0.210. The van der Waals surface area contributed by atoms with E-state index in [-0.39, 0.29) is 5.56 Å². The van der Waals surface area contributed by atoms with Gasteiger partial charge in [-0.05, 0) is 19.4 Å². The maximum Gasteiger partial charge on any atom is 0.290 e. The smallest absolute Gasteiger partial charge is 0.290 e. The van der Waals surface area contributed by atoms with Crippen LogP contribution in [0, 0.1) is 12.8 Å². The Kier molecular flexibility index (Phi) is 6.73. The lowest BCUT2D eigenvalue weighted by molar-refractivity contribution is 0.278. The fraction of sp³-hybridized carbons (Fsp3) is 0.435. The molecule has 3 aromatic heterocycles. The fourth-order valence-electron chi connectivity index (χ4n) is 3.83. The number of nitrogens with one attached hydrogen (secondary N) is 1. The first kappa shape index (κ1) is 22.9. The summed E-state index contributed by atoms with van der Waals surface area (Å²) in [6.07, 6.45) is 1.04. The van der Waals surface area contributed by atoms with Crippen LogP contribution in [-0.4, -0.2) is 36.4 Å². The van der Waals surface area contributed by atoms with E-state index >= 15 is 0 Å². The first-order valence-electron chi connectivity index (χ1n) is 11.1. The van der Waals surface area contributed by atoms with Crippen LogP contribution in [0.25, 0.3) is 10.9 Å². The first-order chi connectivity index (χ1) is 16.0. The maximum absolute atomic E-state index is 12.4. The molecular weight excluding hydrogens is 438 g/mol. The molecule has 10 heteroatoms. The Hall–Kier alpha value is -3.27. The predicted octanol–water partition coefficient (Wildman–Crippen LogP) is 3.65. The average molecular weight is 468 g/mol. The number of nitrogens with zero attached hydrogens (tertiary/aromatic N) is 6. The molecule has 0 saturated heterocycles. The van der Waals surface area contributed by atoms with E-state index in [2.05, 4.69) is 32.7 Å². The van der Waals surface area contributed by atoms with Crippen LogP contribution >= 0.6 is 11.3 Å². The molecule has 0 radical (unpaired) electrons. The molecular formula is C23H29N7O2S. The van der Waals surface area contributed by atoms with Crippen LogP contribution in [-0.2, 0) is 20.6 Å². The number of ether oxygens (including phenoxy) is 1. The van der Waals surface area contributed by atoms with Crippen molar-refractivity contribution in [2.24, 2.45) is 20.0 Å². The molecule has 1 N–H and O–H groups in total. The molecule has 2 atom stereocenters. The van der Waals surface area contributed by atoms with Gasteiger partial charge in [0.05, 0.1) is 24.4 Å². The van der Waals surface area contributed by atoms with Crippen LogP contribution in [0.5, 0.6) is 5.88 Å². The zero-order valence-corrected chi connectivity index (χ0v) is 20.4. The topological polar surface area (TPSA) is 99.8 Å². The van der Waals surface area contributed by atoms with E-state index in [0.29, 0.717) is 36.6 Å². The van der Waals surface area contributed by atoms with Gasteiger partial charge in [-0.2, -0.15) is 5.10 Å². The normalized spacial score (nSPS) is 16.9. The van der Waals surface area contributed by atoms with Crippen LogP contribution < -0.4 is 15.6 Å². The minimum Gasteiger partial charge on any atom is -0.476 e. The Balaban J connectivity index is 0.00000126. The third kappa shape index (κ3) is 4.90. The molecule has 1 saturated carbocycles. The summed E-state index contributed by atoms with van der Waals surface area (Å²) in [7, 11) is 3.60. The molecule has 1 fully saturated rings. The number of hydrogen-bond acceptors (Lipinski definition) is 8. The average Bonchev–Trinajstić information content (AvgIpc) is 3.36. The largest absolute Gasteiger partial charge is 0.476 e. The summed E-state index contributed by atoms with van der Waals surface area (Å²) in [6, 6.07) is 9.95. The van der Waals surface area contributed by atoms with Gasteiger partial charge >= 0.3 is 0 Å². The van der Waals surface area contributed by atoms with Crippen molar-refractivity contribution in [1.82, 2.24) is 29.8 Å². The van der Waals surface area contributed by atoms with Gasteiger partial charge in [-0.1, -0.05) is 43.4 Å². The number of aromatic nitrogens is 6. The van der Waals surface area contributed by atoms with Crippen LogP contribution in [0.2, 0.25) is 0 Å². The van der Waals surface area contributed by atoms with E-state index in [1.807, 2.05) is 44.6 Å². The highest BCUT2D eigenvalue weighted by molar-refractivity contribution is 7.11.